The molecule has 2 aromatic heterocycles. The Kier molecular flexibility index (Phi) is 7.67. The summed E-state index contributed by atoms with van der Waals surface area (Å²) < 4.78 is 48.5. The number of carbonyl (C=O) groups is 1. The fourth-order valence-electron chi connectivity index (χ4n) is 5.24. The molecule has 0 saturated carbocycles. The number of pyridine rings is 1. The van der Waals surface area contributed by atoms with Crippen LogP contribution in [0.2, 0.25) is 0 Å². The fraction of sp³-hybridized carbons (Fsp3) is 0.500. The summed E-state index contributed by atoms with van der Waals surface area (Å²) in [5.74, 6) is -0.125. The highest BCUT2D eigenvalue weighted by Gasteiger charge is 2.34. The summed E-state index contributed by atoms with van der Waals surface area (Å²) in [6.07, 6.45) is -2.60. The van der Waals surface area contributed by atoms with Gasteiger partial charge in [-0.1, -0.05) is 19.9 Å². The average molecular weight is 518 g/mol. The van der Waals surface area contributed by atoms with E-state index < -0.39 is 30.2 Å². The van der Waals surface area contributed by atoms with Gasteiger partial charge < -0.3 is 19.7 Å². The van der Waals surface area contributed by atoms with Gasteiger partial charge in [0.1, 0.15) is 6.54 Å². The molecule has 1 fully saturated rings. The van der Waals surface area contributed by atoms with Crippen molar-refractivity contribution >= 4 is 16.9 Å². The smallest absolute Gasteiger partial charge is 0.406 e. The van der Waals surface area contributed by atoms with Gasteiger partial charge in [0, 0.05) is 41.5 Å². The van der Waals surface area contributed by atoms with Crippen molar-refractivity contribution < 1.29 is 27.8 Å². The number of benzene rings is 1. The van der Waals surface area contributed by atoms with Crippen molar-refractivity contribution in [3.63, 3.8) is 0 Å². The first-order chi connectivity index (χ1) is 17.4. The van der Waals surface area contributed by atoms with Crippen LogP contribution in [0.4, 0.5) is 13.2 Å². The van der Waals surface area contributed by atoms with Gasteiger partial charge in [0.2, 0.25) is 0 Å². The molecule has 200 valence electrons. The molecule has 4 rings (SSSR count). The summed E-state index contributed by atoms with van der Waals surface area (Å²) in [7, 11) is 0. The quantitative estimate of drug-likeness (QED) is 0.385. The number of aliphatic hydroxyl groups excluding tert-OH is 1. The van der Waals surface area contributed by atoms with Gasteiger partial charge in [-0.2, -0.15) is 13.2 Å². The minimum absolute atomic E-state index is 0.121. The zero-order chi connectivity index (χ0) is 27.0. The lowest BCUT2D eigenvalue weighted by molar-refractivity contribution is -0.144. The highest BCUT2D eigenvalue weighted by atomic mass is 19.4. The van der Waals surface area contributed by atoms with Crippen LogP contribution in [-0.2, 0) is 22.5 Å². The Morgan fingerprint density at radius 1 is 1.30 bits per heavy atom. The van der Waals surface area contributed by atoms with E-state index in [4.69, 9.17) is 4.74 Å². The van der Waals surface area contributed by atoms with E-state index in [0.29, 0.717) is 28.9 Å². The lowest BCUT2D eigenvalue weighted by Crippen LogP contribution is -2.24. The van der Waals surface area contributed by atoms with Crippen molar-refractivity contribution in [1.29, 1.82) is 0 Å². The van der Waals surface area contributed by atoms with Gasteiger partial charge in [-0.3, -0.25) is 9.78 Å². The lowest BCUT2D eigenvalue weighted by atomic mass is 9.84. The van der Waals surface area contributed by atoms with Crippen molar-refractivity contribution in [2.24, 2.45) is 5.41 Å². The van der Waals surface area contributed by atoms with Crippen molar-refractivity contribution in [3.8, 4) is 11.3 Å². The molecule has 0 aliphatic carbocycles. The first-order valence-electron chi connectivity index (χ1n) is 12.6. The standard InChI is InChI=1S/C28H34F3N3O3/c1-17(35)25-21(6-5-10-33-25)26-23(13-27(3,4)16-37-18(2)36)22-12-19(20-9-11-32-14-20)7-8-24(22)34(26)15-28(29,30)31/h5-8,10,12,17,20,32,35H,9,11,13-16H2,1-4H3. The SMILES string of the molecule is CC(=O)OCC(C)(C)Cc1c(-c2cccnc2C(C)O)n(CC(F)(F)F)c2ccc(C3CCNC3)cc12. The number of ether oxygens (including phenoxy) is 1. The number of rotatable bonds is 8. The number of esters is 1. The summed E-state index contributed by atoms with van der Waals surface area (Å²) in [5, 5.41) is 14.6. The maximum Gasteiger partial charge on any atom is 0.406 e. The second-order valence-electron chi connectivity index (χ2n) is 10.7. The van der Waals surface area contributed by atoms with Gasteiger partial charge in [-0.15, -0.1) is 0 Å². The molecule has 37 heavy (non-hydrogen) atoms. The van der Waals surface area contributed by atoms with E-state index in [1.807, 2.05) is 26.0 Å². The van der Waals surface area contributed by atoms with Crippen molar-refractivity contribution in [2.45, 2.75) is 65.3 Å². The molecule has 6 nitrogen and oxygen atoms in total. The lowest BCUT2D eigenvalue weighted by Gasteiger charge is -2.25. The summed E-state index contributed by atoms with van der Waals surface area (Å²) in [5.41, 5.74) is 2.87. The minimum Gasteiger partial charge on any atom is -0.465 e. The Bertz CT molecular complexity index is 1270. The fourth-order valence-corrected chi connectivity index (χ4v) is 5.24. The van der Waals surface area contributed by atoms with Crippen LogP contribution in [-0.4, -0.2) is 46.5 Å². The first-order valence-corrected chi connectivity index (χ1v) is 12.6. The third kappa shape index (κ3) is 6.15. The maximum atomic E-state index is 14.0. The molecule has 3 heterocycles. The Morgan fingerprint density at radius 2 is 2.05 bits per heavy atom. The Morgan fingerprint density at radius 3 is 2.68 bits per heavy atom. The summed E-state index contributed by atoms with van der Waals surface area (Å²) >= 11 is 0. The zero-order valence-corrected chi connectivity index (χ0v) is 21.7. The van der Waals surface area contributed by atoms with Gasteiger partial charge in [0.05, 0.1) is 24.1 Å². The van der Waals surface area contributed by atoms with E-state index >= 15 is 0 Å². The van der Waals surface area contributed by atoms with Crippen molar-refractivity contribution in [1.82, 2.24) is 14.9 Å². The number of carbonyl (C=O) groups excluding carboxylic acids is 1. The summed E-state index contributed by atoms with van der Waals surface area (Å²) in [6.45, 7) is 7.41. The van der Waals surface area contributed by atoms with E-state index in [2.05, 4.69) is 10.3 Å². The Labute approximate surface area is 214 Å². The number of aromatic nitrogens is 2. The molecular weight excluding hydrogens is 483 g/mol. The van der Waals surface area contributed by atoms with Gasteiger partial charge in [0.25, 0.3) is 0 Å². The predicted molar refractivity (Wildman–Crippen MR) is 136 cm³/mol. The van der Waals surface area contributed by atoms with Gasteiger partial charge in [-0.25, -0.2) is 0 Å². The molecule has 0 bridgehead atoms. The Balaban J connectivity index is 2.01. The van der Waals surface area contributed by atoms with Gasteiger partial charge in [-0.05, 0) is 67.6 Å². The molecule has 2 N–H and O–H groups in total. The van der Waals surface area contributed by atoms with E-state index in [1.54, 1.807) is 25.1 Å². The minimum atomic E-state index is -4.47. The number of nitrogens with zero attached hydrogens (tertiary/aromatic N) is 2. The first kappa shape index (κ1) is 27.1. The molecule has 1 aliphatic rings. The second kappa shape index (κ2) is 10.5. The van der Waals surface area contributed by atoms with Crippen LogP contribution in [0, 0.1) is 5.41 Å². The Hall–Kier alpha value is -2.91. The van der Waals surface area contributed by atoms with E-state index in [-0.39, 0.29) is 12.5 Å². The molecule has 1 saturated heterocycles. The van der Waals surface area contributed by atoms with E-state index in [0.717, 1.165) is 36.0 Å². The number of hydrogen-bond donors (Lipinski definition) is 2. The molecular formula is C28H34F3N3O3. The predicted octanol–water partition coefficient (Wildman–Crippen LogP) is 5.53. The molecule has 9 heteroatoms. The van der Waals surface area contributed by atoms with Crippen molar-refractivity contribution in [3.05, 3.63) is 53.3 Å². The molecule has 1 aromatic carbocycles. The van der Waals surface area contributed by atoms with Crippen LogP contribution in [0.5, 0.6) is 0 Å². The van der Waals surface area contributed by atoms with Gasteiger partial charge in [0.15, 0.2) is 0 Å². The molecule has 2 unspecified atom stereocenters. The van der Waals surface area contributed by atoms with Crippen LogP contribution < -0.4 is 5.32 Å². The number of aliphatic hydroxyl groups is 1. The van der Waals surface area contributed by atoms with Crippen LogP contribution in [0.25, 0.3) is 22.2 Å². The number of hydrogen-bond acceptors (Lipinski definition) is 5. The third-order valence-electron chi connectivity index (χ3n) is 6.87. The topological polar surface area (TPSA) is 76.4 Å². The monoisotopic (exact) mass is 517 g/mol. The number of nitrogens with one attached hydrogen (secondary N) is 1. The normalized spacial score (nSPS) is 17.4. The molecule has 1 aliphatic heterocycles. The van der Waals surface area contributed by atoms with Crippen LogP contribution in [0.1, 0.15) is 63.0 Å². The number of halogens is 3. The molecule has 0 amide bonds. The van der Waals surface area contributed by atoms with Gasteiger partial charge >= 0.3 is 12.1 Å². The summed E-state index contributed by atoms with van der Waals surface area (Å²) in [4.78, 5) is 15.8. The average Bonchev–Trinajstić information content (AvgIpc) is 3.44. The van der Waals surface area contributed by atoms with E-state index in [9.17, 15) is 23.1 Å². The van der Waals surface area contributed by atoms with Crippen molar-refractivity contribution in [2.75, 3.05) is 19.7 Å². The zero-order valence-electron chi connectivity index (χ0n) is 21.7. The second-order valence-corrected chi connectivity index (χ2v) is 10.7. The van der Waals surface area contributed by atoms with E-state index in [1.165, 1.54) is 17.7 Å². The number of fused-ring (bicyclic) bond motifs is 1. The molecule has 3 aromatic rings. The maximum absolute atomic E-state index is 14.0. The largest absolute Gasteiger partial charge is 0.465 e. The van der Waals surface area contributed by atoms with Crippen LogP contribution in [0.3, 0.4) is 0 Å². The highest BCUT2D eigenvalue weighted by molar-refractivity contribution is 5.93. The molecule has 0 radical (unpaired) electrons. The number of alkyl halides is 3. The third-order valence-corrected chi connectivity index (χ3v) is 6.87. The molecule has 0 spiro atoms. The van der Waals surface area contributed by atoms with Crippen LogP contribution >= 0.6 is 0 Å². The highest BCUT2D eigenvalue weighted by Crippen LogP contribution is 2.42. The molecule has 2 atom stereocenters. The van der Waals surface area contributed by atoms with Crippen LogP contribution in [0.15, 0.2) is 36.5 Å². The summed E-state index contributed by atoms with van der Waals surface area (Å²) in [6, 6.07) is 9.09.